The van der Waals surface area contributed by atoms with Crippen LogP contribution in [-0.2, 0) is 26.8 Å². The van der Waals surface area contributed by atoms with E-state index in [0.717, 1.165) is 11.1 Å². The van der Waals surface area contributed by atoms with E-state index in [1.54, 1.807) is 45.9 Å². The Morgan fingerprint density at radius 3 is 2.38 bits per heavy atom. The average Bonchev–Trinajstić information content (AvgIpc) is 3.45. The number of fused-ring (bicyclic) bond motifs is 2. The molecule has 0 atom stereocenters. The highest BCUT2D eigenvalue weighted by atomic mass is 35.5. The number of allylic oxidation sites excluding steroid dienone is 2. The van der Waals surface area contributed by atoms with E-state index in [2.05, 4.69) is 0 Å². The van der Waals surface area contributed by atoms with Gasteiger partial charge in [0.2, 0.25) is 11.5 Å². The fourth-order valence-corrected chi connectivity index (χ4v) is 5.63. The second-order valence-corrected chi connectivity index (χ2v) is 13.2. The molecule has 10 nitrogen and oxygen atoms in total. The van der Waals surface area contributed by atoms with E-state index in [1.807, 2.05) is 49.4 Å². The number of aromatic nitrogens is 1. The van der Waals surface area contributed by atoms with Gasteiger partial charge in [-0.2, -0.15) is 21.4 Å². The molecule has 0 aliphatic carbocycles. The SMILES string of the molecule is CCC(/C=C1\Oc2ccc(Cl)cc2N1CCS(=O)(=O)O)=C\c1oc2ccc(-c3ccccc3)cc2[n+]1CCS(=O)(=O)O. The predicted molar refractivity (Wildman–Crippen MR) is 160 cm³/mol. The van der Waals surface area contributed by atoms with Crippen molar-refractivity contribution in [1.29, 1.82) is 0 Å². The van der Waals surface area contributed by atoms with E-state index in [1.165, 1.54) is 0 Å². The van der Waals surface area contributed by atoms with E-state index in [4.69, 9.17) is 20.8 Å². The van der Waals surface area contributed by atoms with Gasteiger partial charge in [0.05, 0.1) is 17.5 Å². The minimum Gasteiger partial charge on any atom is -0.439 e. The summed E-state index contributed by atoms with van der Waals surface area (Å²) in [5.74, 6) is 0.0742. The number of nitrogens with zero attached hydrogens (tertiary/aromatic N) is 2. The molecule has 0 bridgehead atoms. The van der Waals surface area contributed by atoms with E-state index in [0.29, 0.717) is 51.3 Å². The van der Waals surface area contributed by atoms with Crippen LogP contribution in [-0.4, -0.2) is 44.0 Å². The van der Waals surface area contributed by atoms with Gasteiger partial charge in [-0.15, -0.1) is 0 Å². The van der Waals surface area contributed by atoms with Crippen LogP contribution < -0.4 is 14.2 Å². The predicted octanol–water partition coefficient (Wildman–Crippen LogP) is 5.35. The van der Waals surface area contributed by atoms with E-state index in [9.17, 15) is 25.9 Å². The highest BCUT2D eigenvalue weighted by molar-refractivity contribution is 7.86. The third-order valence-corrected chi connectivity index (χ3v) is 8.33. The van der Waals surface area contributed by atoms with Gasteiger partial charge in [0.1, 0.15) is 5.75 Å². The quantitative estimate of drug-likeness (QED) is 0.175. The van der Waals surface area contributed by atoms with Crippen molar-refractivity contribution in [3.05, 3.63) is 95.2 Å². The first-order valence-corrected chi connectivity index (χ1v) is 16.6. The van der Waals surface area contributed by atoms with Crippen molar-refractivity contribution >= 4 is 54.7 Å². The van der Waals surface area contributed by atoms with E-state index < -0.39 is 31.7 Å². The van der Waals surface area contributed by atoms with Gasteiger partial charge in [0, 0.05) is 23.7 Å². The van der Waals surface area contributed by atoms with Crippen molar-refractivity contribution in [2.24, 2.45) is 0 Å². The smallest absolute Gasteiger partial charge is 0.374 e. The lowest BCUT2D eigenvalue weighted by molar-refractivity contribution is -0.673. The van der Waals surface area contributed by atoms with Crippen molar-refractivity contribution < 1.29 is 39.7 Å². The number of oxazole rings is 1. The van der Waals surface area contributed by atoms with Crippen LogP contribution >= 0.6 is 11.6 Å². The Bertz CT molecular complexity index is 1920. The van der Waals surface area contributed by atoms with Crippen LogP contribution in [0.4, 0.5) is 5.69 Å². The number of benzene rings is 3. The first-order chi connectivity index (χ1) is 19.9. The van der Waals surface area contributed by atoms with Crippen LogP contribution in [0, 0.1) is 0 Å². The molecule has 0 radical (unpaired) electrons. The summed E-state index contributed by atoms with van der Waals surface area (Å²) in [5, 5.41) is 0.429. The lowest BCUT2D eigenvalue weighted by atomic mass is 10.1. The Balaban J connectivity index is 1.58. The molecular weight excluding hydrogens is 604 g/mol. The lowest BCUT2D eigenvalue weighted by Crippen LogP contribution is -2.38. The van der Waals surface area contributed by atoms with Gasteiger partial charge in [0.15, 0.2) is 12.3 Å². The minimum absolute atomic E-state index is 0.0651. The van der Waals surface area contributed by atoms with E-state index >= 15 is 0 Å². The van der Waals surface area contributed by atoms with Crippen molar-refractivity contribution in [2.75, 3.05) is 23.0 Å². The van der Waals surface area contributed by atoms with Gasteiger partial charge in [-0.3, -0.25) is 9.11 Å². The molecule has 0 unspecified atom stereocenters. The topological polar surface area (TPSA) is 138 Å². The largest absolute Gasteiger partial charge is 0.439 e. The third-order valence-electron chi connectivity index (χ3n) is 6.70. The number of anilines is 1. The van der Waals surface area contributed by atoms with Gasteiger partial charge in [0.25, 0.3) is 25.8 Å². The summed E-state index contributed by atoms with van der Waals surface area (Å²) in [7, 11) is -8.52. The fraction of sp³-hybridized carbons (Fsp3) is 0.207. The molecule has 0 amide bonds. The average molecular weight is 632 g/mol. The number of hydrogen-bond acceptors (Lipinski definition) is 7. The highest BCUT2D eigenvalue weighted by Crippen LogP contribution is 2.41. The van der Waals surface area contributed by atoms with Crippen LogP contribution in [0.2, 0.25) is 5.02 Å². The monoisotopic (exact) mass is 631 g/mol. The normalized spacial score (nSPS) is 14.9. The van der Waals surface area contributed by atoms with Crippen molar-refractivity contribution in [3.8, 4) is 16.9 Å². The Labute approximate surface area is 248 Å². The number of halogens is 1. The molecule has 13 heteroatoms. The molecule has 1 aliphatic rings. The number of ether oxygens (including phenoxy) is 1. The summed E-state index contributed by atoms with van der Waals surface area (Å²) in [4.78, 5) is 1.61. The van der Waals surface area contributed by atoms with Crippen LogP contribution in [0.25, 0.3) is 28.3 Å². The van der Waals surface area contributed by atoms with Gasteiger partial charge in [-0.05, 0) is 47.4 Å². The molecule has 220 valence electrons. The maximum absolute atomic E-state index is 11.7. The molecule has 0 fully saturated rings. The summed E-state index contributed by atoms with van der Waals surface area (Å²) >= 11 is 6.18. The molecule has 1 aliphatic heterocycles. The van der Waals surface area contributed by atoms with Crippen LogP contribution in [0.15, 0.2) is 88.7 Å². The second kappa shape index (κ2) is 11.9. The Morgan fingerprint density at radius 1 is 0.952 bits per heavy atom. The zero-order valence-corrected chi connectivity index (χ0v) is 24.9. The summed E-state index contributed by atoms with van der Waals surface area (Å²) in [5.41, 5.74) is 4.30. The van der Waals surface area contributed by atoms with Gasteiger partial charge in [-0.1, -0.05) is 54.9 Å². The molecule has 3 aromatic carbocycles. The Kier molecular flexibility index (Phi) is 8.44. The second-order valence-electron chi connectivity index (χ2n) is 9.63. The summed E-state index contributed by atoms with van der Waals surface area (Å²) in [6, 6.07) is 20.3. The Hall–Kier alpha value is -3.68. The van der Waals surface area contributed by atoms with Crippen molar-refractivity contribution in [1.82, 2.24) is 0 Å². The van der Waals surface area contributed by atoms with E-state index in [-0.39, 0.29) is 13.1 Å². The van der Waals surface area contributed by atoms with Crippen LogP contribution in [0.3, 0.4) is 0 Å². The summed E-state index contributed by atoms with van der Waals surface area (Å²) in [6.07, 6.45) is 3.95. The van der Waals surface area contributed by atoms with Crippen LogP contribution in [0.5, 0.6) is 5.75 Å². The standard InChI is InChI=1S/C29H27ClN2O8S2/c1-2-20(17-29-32(13-15-42(36,37)38)25-19-23(30)9-11-27(25)40-29)16-28-31(12-14-41(33,34)35)24-18-22(8-10-26(24)39-28)21-6-4-3-5-7-21/h3-11,16-19H,2,12-15H2,1H3,(H-,33,34,35,36,37,38)/p+1. The minimum atomic E-state index is -4.26. The molecule has 1 aromatic heterocycles. The van der Waals surface area contributed by atoms with Crippen molar-refractivity contribution in [2.45, 2.75) is 19.9 Å². The third kappa shape index (κ3) is 7.02. The van der Waals surface area contributed by atoms with Crippen molar-refractivity contribution in [3.63, 3.8) is 0 Å². The Morgan fingerprint density at radius 2 is 1.69 bits per heavy atom. The number of aryl methyl sites for hydroxylation is 1. The molecule has 0 saturated carbocycles. The molecule has 0 saturated heterocycles. The molecule has 2 heterocycles. The first-order valence-electron chi connectivity index (χ1n) is 13.0. The van der Waals surface area contributed by atoms with Gasteiger partial charge in [-0.25, -0.2) is 0 Å². The maximum atomic E-state index is 11.7. The molecule has 42 heavy (non-hydrogen) atoms. The number of hydrogen-bond donors (Lipinski definition) is 2. The van der Waals surface area contributed by atoms with Gasteiger partial charge >= 0.3 is 5.89 Å². The molecule has 0 spiro atoms. The number of rotatable bonds is 10. The first kappa shape index (κ1) is 29.8. The fourth-order valence-electron chi connectivity index (χ4n) is 4.64. The molecule has 4 aromatic rings. The lowest BCUT2D eigenvalue weighted by Gasteiger charge is -2.18. The molecule has 2 N–H and O–H groups in total. The molecule has 5 rings (SSSR count). The summed E-state index contributed by atoms with van der Waals surface area (Å²) < 4.78 is 79.1. The zero-order valence-electron chi connectivity index (χ0n) is 22.5. The summed E-state index contributed by atoms with van der Waals surface area (Å²) in [6.45, 7) is 1.75. The van der Waals surface area contributed by atoms with Crippen LogP contribution in [0.1, 0.15) is 19.2 Å². The molecular formula is C29H28ClN2O8S2+. The maximum Gasteiger partial charge on any atom is 0.374 e. The zero-order chi connectivity index (χ0) is 30.1. The van der Waals surface area contributed by atoms with Gasteiger partial charge < -0.3 is 14.1 Å². The highest BCUT2D eigenvalue weighted by Gasteiger charge is 2.29.